The Morgan fingerprint density at radius 3 is 2.50 bits per heavy atom. The zero-order chi connectivity index (χ0) is 22.3. The van der Waals surface area contributed by atoms with Crippen molar-refractivity contribution in [3.8, 4) is 5.75 Å². The molecule has 0 bridgehead atoms. The summed E-state index contributed by atoms with van der Waals surface area (Å²) in [7, 11) is 0. The van der Waals surface area contributed by atoms with Crippen LogP contribution in [0.4, 0.5) is 5.69 Å². The standard InChI is InChI=1S/C26H29N3O3/c1-2-32-23-14-13-20-9-6-7-12-22(20)25(23)26(31)29-16-8-15-28(17-18-29)19-24(30)27-21-10-4-3-5-11-21/h3-7,9-14H,2,8,15-19H2,1H3,(H,27,30). The molecular formula is C26H29N3O3. The molecule has 3 aromatic rings. The molecule has 1 saturated heterocycles. The Labute approximate surface area is 188 Å². The van der Waals surface area contributed by atoms with Gasteiger partial charge in [0.05, 0.1) is 18.7 Å². The first-order chi connectivity index (χ1) is 15.7. The van der Waals surface area contributed by atoms with E-state index in [4.69, 9.17) is 4.74 Å². The molecule has 2 amide bonds. The third kappa shape index (κ3) is 5.08. The Hall–Kier alpha value is -3.38. The third-order valence-electron chi connectivity index (χ3n) is 5.70. The van der Waals surface area contributed by atoms with Crippen molar-refractivity contribution < 1.29 is 14.3 Å². The number of fused-ring (bicyclic) bond motifs is 1. The average Bonchev–Trinajstić information content (AvgIpc) is 3.05. The van der Waals surface area contributed by atoms with Gasteiger partial charge >= 0.3 is 0 Å². The number of benzene rings is 3. The van der Waals surface area contributed by atoms with Gasteiger partial charge in [0.1, 0.15) is 5.75 Å². The molecule has 166 valence electrons. The minimum Gasteiger partial charge on any atom is -0.493 e. The lowest BCUT2D eigenvalue weighted by atomic mass is 10.0. The van der Waals surface area contributed by atoms with Gasteiger partial charge in [-0.3, -0.25) is 14.5 Å². The second kappa shape index (κ2) is 10.3. The molecule has 0 aromatic heterocycles. The largest absolute Gasteiger partial charge is 0.493 e. The van der Waals surface area contributed by atoms with Crippen LogP contribution < -0.4 is 10.1 Å². The highest BCUT2D eigenvalue weighted by Crippen LogP contribution is 2.30. The van der Waals surface area contributed by atoms with Crippen LogP contribution in [0, 0.1) is 0 Å². The summed E-state index contributed by atoms with van der Waals surface area (Å²) >= 11 is 0. The number of carbonyl (C=O) groups excluding carboxylic acids is 2. The lowest BCUT2D eigenvalue weighted by Gasteiger charge is -2.23. The first-order valence-electron chi connectivity index (χ1n) is 11.2. The first-order valence-corrected chi connectivity index (χ1v) is 11.2. The van der Waals surface area contributed by atoms with Gasteiger partial charge in [-0.1, -0.05) is 48.5 Å². The van der Waals surface area contributed by atoms with Gasteiger partial charge in [0.2, 0.25) is 5.91 Å². The van der Waals surface area contributed by atoms with Crippen molar-refractivity contribution in [2.75, 3.05) is 44.6 Å². The fraction of sp³-hybridized carbons (Fsp3) is 0.308. The maximum absolute atomic E-state index is 13.6. The Morgan fingerprint density at radius 2 is 1.69 bits per heavy atom. The lowest BCUT2D eigenvalue weighted by molar-refractivity contribution is -0.117. The van der Waals surface area contributed by atoms with E-state index in [9.17, 15) is 9.59 Å². The number of hydrogen-bond donors (Lipinski definition) is 1. The first kappa shape index (κ1) is 21.8. The minimum absolute atomic E-state index is 0.0131. The lowest BCUT2D eigenvalue weighted by Crippen LogP contribution is -2.38. The molecule has 6 heteroatoms. The van der Waals surface area contributed by atoms with Crippen molar-refractivity contribution in [3.63, 3.8) is 0 Å². The summed E-state index contributed by atoms with van der Waals surface area (Å²) in [5, 5.41) is 4.86. The van der Waals surface area contributed by atoms with Crippen molar-refractivity contribution >= 4 is 28.3 Å². The van der Waals surface area contributed by atoms with E-state index in [0.717, 1.165) is 29.4 Å². The number of para-hydroxylation sites is 1. The van der Waals surface area contributed by atoms with Crippen molar-refractivity contribution in [2.45, 2.75) is 13.3 Å². The molecule has 1 heterocycles. The zero-order valence-electron chi connectivity index (χ0n) is 18.4. The Morgan fingerprint density at radius 1 is 0.906 bits per heavy atom. The smallest absolute Gasteiger partial charge is 0.258 e. The van der Waals surface area contributed by atoms with Gasteiger partial charge in [-0.25, -0.2) is 0 Å². The molecule has 0 radical (unpaired) electrons. The zero-order valence-corrected chi connectivity index (χ0v) is 18.4. The molecule has 0 spiro atoms. The molecule has 1 N–H and O–H groups in total. The van der Waals surface area contributed by atoms with Crippen molar-refractivity contribution in [1.82, 2.24) is 9.80 Å². The molecule has 0 aliphatic carbocycles. The van der Waals surface area contributed by atoms with Crippen LogP contribution in [0.3, 0.4) is 0 Å². The fourth-order valence-corrected chi connectivity index (χ4v) is 4.16. The maximum atomic E-state index is 13.6. The number of nitrogens with one attached hydrogen (secondary N) is 1. The molecule has 4 rings (SSSR count). The van der Waals surface area contributed by atoms with Crippen molar-refractivity contribution in [2.24, 2.45) is 0 Å². The summed E-state index contributed by atoms with van der Waals surface area (Å²) < 4.78 is 5.81. The van der Waals surface area contributed by atoms with Crippen LogP contribution in [-0.2, 0) is 4.79 Å². The number of rotatable bonds is 6. The minimum atomic E-state index is -0.0383. The van der Waals surface area contributed by atoms with Gasteiger partial charge in [0.25, 0.3) is 5.91 Å². The Bertz CT molecular complexity index is 1080. The molecule has 1 fully saturated rings. The van der Waals surface area contributed by atoms with Crippen LogP contribution in [0.15, 0.2) is 66.7 Å². The van der Waals surface area contributed by atoms with Gasteiger partial charge in [-0.2, -0.15) is 0 Å². The fourth-order valence-electron chi connectivity index (χ4n) is 4.16. The van der Waals surface area contributed by atoms with Crippen molar-refractivity contribution in [3.05, 3.63) is 72.3 Å². The summed E-state index contributed by atoms with van der Waals surface area (Å²) in [5.41, 5.74) is 1.42. The van der Waals surface area contributed by atoms with Crippen LogP contribution in [0.1, 0.15) is 23.7 Å². The number of hydrogen-bond acceptors (Lipinski definition) is 4. The quantitative estimate of drug-likeness (QED) is 0.640. The number of carbonyl (C=O) groups is 2. The van der Waals surface area contributed by atoms with Crippen LogP contribution in [0.2, 0.25) is 0 Å². The topological polar surface area (TPSA) is 61.9 Å². The van der Waals surface area contributed by atoms with E-state index in [0.29, 0.717) is 44.1 Å². The number of nitrogens with zero attached hydrogens (tertiary/aromatic N) is 2. The van der Waals surface area contributed by atoms with E-state index in [-0.39, 0.29) is 11.8 Å². The van der Waals surface area contributed by atoms with E-state index in [2.05, 4.69) is 10.2 Å². The molecule has 0 unspecified atom stereocenters. The summed E-state index contributed by atoms with van der Waals surface area (Å²) in [4.78, 5) is 30.0. The number of anilines is 1. The van der Waals surface area contributed by atoms with E-state index in [1.807, 2.05) is 78.6 Å². The van der Waals surface area contributed by atoms with Crippen molar-refractivity contribution in [1.29, 1.82) is 0 Å². The summed E-state index contributed by atoms with van der Waals surface area (Å²) in [6.07, 6.45) is 0.819. The van der Waals surface area contributed by atoms with Crippen LogP contribution in [0.25, 0.3) is 10.8 Å². The summed E-state index contributed by atoms with van der Waals surface area (Å²) in [6, 6.07) is 21.3. The predicted octanol–water partition coefficient (Wildman–Crippen LogP) is 4.03. The van der Waals surface area contributed by atoms with Gasteiger partial charge in [0, 0.05) is 31.9 Å². The van der Waals surface area contributed by atoms with Crippen LogP contribution >= 0.6 is 0 Å². The van der Waals surface area contributed by atoms with Crippen LogP contribution in [0.5, 0.6) is 5.75 Å². The van der Waals surface area contributed by atoms with Gasteiger partial charge in [0.15, 0.2) is 0 Å². The molecule has 0 atom stereocenters. The molecule has 0 saturated carbocycles. The van der Waals surface area contributed by atoms with E-state index >= 15 is 0 Å². The maximum Gasteiger partial charge on any atom is 0.258 e. The molecule has 1 aliphatic rings. The van der Waals surface area contributed by atoms with E-state index < -0.39 is 0 Å². The predicted molar refractivity (Wildman–Crippen MR) is 127 cm³/mol. The number of amides is 2. The highest BCUT2D eigenvalue weighted by atomic mass is 16.5. The summed E-state index contributed by atoms with van der Waals surface area (Å²) in [5.74, 6) is 0.573. The SMILES string of the molecule is CCOc1ccc2ccccc2c1C(=O)N1CCCN(CC(=O)Nc2ccccc2)CC1. The molecule has 32 heavy (non-hydrogen) atoms. The second-order valence-corrected chi connectivity index (χ2v) is 7.93. The monoisotopic (exact) mass is 431 g/mol. The highest BCUT2D eigenvalue weighted by molar-refractivity contribution is 6.09. The molecule has 6 nitrogen and oxygen atoms in total. The van der Waals surface area contributed by atoms with Gasteiger partial charge < -0.3 is 15.0 Å². The number of ether oxygens (including phenoxy) is 1. The third-order valence-corrected chi connectivity index (χ3v) is 5.70. The molecule has 3 aromatic carbocycles. The van der Waals surface area contributed by atoms with Gasteiger partial charge in [-0.05, 0) is 42.3 Å². The molecule has 1 aliphatic heterocycles. The Balaban J connectivity index is 1.45. The van der Waals surface area contributed by atoms with E-state index in [1.54, 1.807) is 0 Å². The van der Waals surface area contributed by atoms with Gasteiger partial charge in [-0.15, -0.1) is 0 Å². The average molecular weight is 432 g/mol. The molecular weight excluding hydrogens is 402 g/mol. The van der Waals surface area contributed by atoms with E-state index in [1.165, 1.54) is 0 Å². The Kier molecular flexibility index (Phi) is 7.02. The summed E-state index contributed by atoms with van der Waals surface area (Å²) in [6.45, 7) is 5.41. The van der Waals surface area contributed by atoms with Crippen LogP contribution in [-0.4, -0.2) is 60.9 Å². The normalized spacial score (nSPS) is 14.7. The highest BCUT2D eigenvalue weighted by Gasteiger charge is 2.25. The second-order valence-electron chi connectivity index (χ2n) is 7.93.